The SMILES string of the molecule is CC1CCC(C(N)=O)CN1C=CC(=O)O. The van der Waals surface area contributed by atoms with Gasteiger partial charge in [-0.25, -0.2) is 4.79 Å². The molecule has 2 unspecified atom stereocenters. The van der Waals surface area contributed by atoms with Crippen molar-refractivity contribution in [1.29, 1.82) is 0 Å². The first kappa shape index (κ1) is 11.6. The van der Waals surface area contributed by atoms with Gasteiger partial charge in [-0.2, -0.15) is 0 Å². The number of aliphatic carboxylic acids is 1. The number of nitrogens with zero attached hydrogens (tertiary/aromatic N) is 1. The number of carbonyl (C=O) groups excluding carboxylic acids is 1. The van der Waals surface area contributed by atoms with Crippen LogP contribution < -0.4 is 5.73 Å². The fourth-order valence-electron chi connectivity index (χ4n) is 1.73. The maximum Gasteiger partial charge on any atom is 0.329 e. The van der Waals surface area contributed by atoms with Crippen LogP contribution in [0.5, 0.6) is 0 Å². The van der Waals surface area contributed by atoms with Crippen LogP contribution in [0.25, 0.3) is 0 Å². The normalized spacial score (nSPS) is 26.9. The third-order valence-corrected chi connectivity index (χ3v) is 2.74. The van der Waals surface area contributed by atoms with E-state index in [-0.39, 0.29) is 17.9 Å². The monoisotopic (exact) mass is 212 g/mol. The zero-order chi connectivity index (χ0) is 11.4. The van der Waals surface area contributed by atoms with Crippen molar-refractivity contribution in [3.63, 3.8) is 0 Å². The first-order valence-corrected chi connectivity index (χ1v) is 4.97. The molecule has 1 aliphatic rings. The topological polar surface area (TPSA) is 83.6 Å². The molecule has 1 aliphatic heterocycles. The largest absolute Gasteiger partial charge is 0.478 e. The lowest BCUT2D eigenvalue weighted by Crippen LogP contribution is -2.43. The number of carboxylic acid groups (broad SMARTS) is 1. The van der Waals surface area contributed by atoms with Gasteiger partial charge in [0.15, 0.2) is 0 Å². The Morgan fingerprint density at radius 1 is 1.47 bits per heavy atom. The van der Waals surface area contributed by atoms with Crippen LogP contribution in [0.4, 0.5) is 0 Å². The molecule has 0 aromatic heterocycles. The summed E-state index contributed by atoms with van der Waals surface area (Å²) in [6, 6.07) is 0.260. The van der Waals surface area contributed by atoms with E-state index in [1.807, 2.05) is 11.8 Å². The maximum atomic E-state index is 11.0. The number of piperidine rings is 1. The third kappa shape index (κ3) is 3.27. The standard InChI is InChI=1S/C10H16N2O3/c1-7-2-3-8(10(11)15)6-12(7)5-4-9(13)14/h4-5,7-8H,2-3,6H2,1H3,(H2,11,15)(H,13,14). The first-order valence-electron chi connectivity index (χ1n) is 4.97. The second kappa shape index (κ2) is 4.82. The number of primary amides is 1. The van der Waals surface area contributed by atoms with Crippen molar-refractivity contribution < 1.29 is 14.7 Å². The zero-order valence-electron chi connectivity index (χ0n) is 8.72. The fourth-order valence-corrected chi connectivity index (χ4v) is 1.73. The van der Waals surface area contributed by atoms with E-state index in [1.165, 1.54) is 6.20 Å². The summed E-state index contributed by atoms with van der Waals surface area (Å²) >= 11 is 0. The summed E-state index contributed by atoms with van der Waals surface area (Å²) in [5, 5.41) is 8.50. The summed E-state index contributed by atoms with van der Waals surface area (Å²) in [6.07, 6.45) is 4.24. The van der Waals surface area contributed by atoms with Gasteiger partial charge in [-0.1, -0.05) is 0 Å². The quantitative estimate of drug-likeness (QED) is 0.653. The predicted octanol–water partition coefficient (Wildman–Crippen LogP) is 0.170. The number of rotatable bonds is 3. The van der Waals surface area contributed by atoms with E-state index in [0.29, 0.717) is 6.54 Å². The molecule has 1 rings (SSSR count). The van der Waals surface area contributed by atoms with E-state index < -0.39 is 5.97 Å². The highest BCUT2D eigenvalue weighted by Gasteiger charge is 2.26. The minimum absolute atomic E-state index is 0.167. The van der Waals surface area contributed by atoms with E-state index in [0.717, 1.165) is 18.9 Å². The zero-order valence-corrected chi connectivity index (χ0v) is 8.72. The third-order valence-electron chi connectivity index (χ3n) is 2.74. The lowest BCUT2D eigenvalue weighted by Gasteiger charge is -2.35. The molecule has 5 nitrogen and oxygen atoms in total. The second-order valence-electron chi connectivity index (χ2n) is 3.88. The molecule has 0 radical (unpaired) electrons. The Hall–Kier alpha value is -1.52. The van der Waals surface area contributed by atoms with Crippen LogP contribution >= 0.6 is 0 Å². The molecule has 84 valence electrons. The van der Waals surface area contributed by atoms with Crippen molar-refractivity contribution in [2.24, 2.45) is 11.7 Å². The van der Waals surface area contributed by atoms with Gasteiger partial charge in [0.25, 0.3) is 0 Å². The Morgan fingerprint density at radius 2 is 2.13 bits per heavy atom. The average Bonchev–Trinajstić information content (AvgIpc) is 2.16. The van der Waals surface area contributed by atoms with E-state index in [2.05, 4.69) is 0 Å². The Bertz CT molecular complexity index is 288. The maximum absolute atomic E-state index is 11.0. The van der Waals surface area contributed by atoms with Crippen LogP contribution in [0.1, 0.15) is 19.8 Å². The Kier molecular flexibility index (Phi) is 3.71. The van der Waals surface area contributed by atoms with Crippen molar-refractivity contribution in [2.75, 3.05) is 6.54 Å². The van der Waals surface area contributed by atoms with Gasteiger partial charge in [0.05, 0.1) is 5.92 Å². The molecule has 0 aromatic rings. The molecular weight excluding hydrogens is 196 g/mol. The fraction of sp³-hybridized carbons (Fsp3) is 0.600. The van der Waals surface area contributed by atoms with Crippen molar-refractivity contribution in [3.05, 3.63) is 12.3 Å². The van der Waals surface area contributed by atoms with Gasteiger partial charge in [-0.05, 0) is 19.8 Å². The van der Waals surface area contributed by atoms with Gasteiger partial charge >= 0.3 is 5.97 Å². The minimum Gasteiger partial charge on any atom is -0.478 e. The molecular formula is C10H16N2O3. The van der Waals surface area contributed by atoms with Crippen molar-refractivity contribution in [1.82, 2.24) is 4.90 Å². The predicted molar refractivity (Wildman–Crippen MR) is 54.9 cm³/mol. The summed E-state index contributed by atoms with van der Waals surface area (Å²) in [6.45, 7) is 2.52. The molecule has 1 saturated heterocycles. The summed E-state index contributed by atoms with van der Waals surface area (Å²) < 4.78 is 0. The summed E-state index contributed by atoms with van der Waals surface area (Å²) in [5.74, 6) is -1.46. The highest BCUT2D eigenvalue weighted by Crippen LogP contribution is 2.21. The van der Waals surface area contributed by atoms with Gasteiger partial charge < -0.3 is 15.7 Å². The van der Waals surface area contributed by atoms with Gasteiger partial charge in [0.1, 0.15) is 0 Å². The molecule has 0 aromatic carbocycles. The van der Waals surface area contributed by atoms with Crippen LogP contribution in [-0.2, 0) is 9.59 Å². The molecule has 2 atom stereocenters. The molecule has 0 spiro atoms. The van der Waals surface area contributed by atoms with E-state index in [1.54, 1.807) is 0 Å². The molecule has 5 heteroatoms. The number of hydrogen-bond donors (Lipinski definition) is 2. The number of likely N-dealkylation sites (tertiary alicyclic amines) is 1. The van der Waals surface area contributed by atoms with Crippen LogP contribution in [0.3, 0.4) is 0 Å². The lowest BCUT2D eigenvalue weighted by molar-refractivity contribution is -0.131. The Labute approximate surface area is 88.5 Å². The Morgan fingerprint density at radius 3 is 2.67 bits per heavy atom. The first-order chi connectivity index (χ1) is 7.00. The van der Waals surface area contributed by atoms with E-state index >= 15 is 0 Å². The number of hydrogen-bond acceptors (Lipinski definition) is 3. The van der Waals surface area contributed by atoms with Gasteiger partial charge in [0, 0.05) is 24.9 Å². The van der Waals surface area contributed by atoms with Crippen LogP contribution in [0, 0.1) is 5.92 Å². The molecule has 0 saturated carbocycles. The molecule has 1 fully saturated rings. The van der Waals surface area contributed by atoms with Crippen molar-refractivity contribution in [3.8, 4) is 0 Å². The van der Waals surface area contributed by atoms with E-state index in [4.69, 9.17) is 10.8 Å². The van der Waals surface area contributed by atoms with Gasteiger partial charge in [0.2, 0.25) is 5.91 Å². The number of amides is 1. The average molecular weight is 212 g/mol. The minimum atomic E-state index is -0.983. The van der Waals surface area contributed by atoms with Crippen LogP contribution in [0.15, 0.2) is 12.3 Å². The second-order valence-corrected chi connectivity index (χ2v) is 3.88. The van der Waals surface area contributed by atoms with Gasteiger partial charge in [-0.15, -0.1) is 0 Å². The molecule has 15 heavy (non-hydrogen) atoms. The number of nitrogens with two attached hydrogens (primary N) is 1. The van der Waals surface area contributed by atoms with Crippen LogP contribution in [0.2, 0.25) is 0 Å². The summed E-state index contributed by atoms with van der Waals surface area (Å²) in [5.41, 5.74) is 5.22. The molecule has 1 heterocycles. The molecule has 0 aliphatic carbocycles. The number of carbonyl (C=O) groups is 2. The lowest BCUT2D eigenvalue weighted by atomic mass is 9.93. The van der Waals surface area contributed by atoms with Crippen LogP contribution in [-0.4, -0.2) is 34.5 Å². The molecule has 3 N–H and O–H groups in total. The summed E-state index contributed by atoms with van der Waals surface area (Å²) in [4.78, 5) is 23.2. The Balaban J connectivity index is 2.61. The molecule has 1 amide bonds. The van der Waals surface area contributed by atoms with Gasteiger partial charge in [-0.3, -0.25) is 4.79 Å². The number of carboxylic acids is 1. The van der Waals surface area contributed by atoms with Crippen molar-refractivity contribution >= 4 is 11.9 Å². The summed E-state index contributed by atoms with van der Waals surface area (Å²) in [7, 11) is 0. The smallest absolute Gasteiger partial charge is 0.329 e. The van der Waals surface area contributed by atoms with Crippen molar-refractivity contribution in [2.45, 2.75) is 25.8 Å². The van der Waals surface area contributed by atoms with E-state index in [9.17, 15) is 9.59 Å². The highest BCUT2D eigenvalue weighted by atomic mass is 16.4. The molecule has 0 bridgehead atoms. The highest BCUT2D eigenvalue weighted by molar-refractivity contribution is 5.79.